The average molecular weight is 434 g/mol. The molecule has 0 atom stereocenters. The summed E-state index contributed by atoms with van der Waals surface area (Å²) in [5, 5.41) is 2.83. The van der Waals surface area contributed by atoms with Gasteiger partial charge >= 0.3 is 0 Å². The van der Waals surface area contributed by atoms with Crippen molar-refractivity contribution in [2.24, 2.45) is 0 Å². The lowest BCUT2D eigenvalue weighted by Crippen LogP contribution is -2.27. The number of carbonyl (C=O) groups is 2. The fourth-order valence-corrected chi connectivity index (χ4v) is 3.99. The zero-order valence-electron chi connectivity index (χ0n) is 17.0. The lowest BCUT2D eigenvalue weighted by atomic mass is 10.2. The van der Waals surface area contributed by atoms with Gasteiger partial charge < -0.3 is 15.0 Å². The van der Waals surface area contributed by atoms with Gasteiger partial charge in [0.05, 0.1) is 17.6 Å². The van der Waals surface area contributed by atoms with Gasteiger partial charge in [-0.2, -0.15) is 0 Å². The first kappa shape index (κ1) is 20.9. The largest absolute Gasteiger partial charge is 0.439 e. The van der Waals surface area contributed by atoms with Crippen molar-refractivity contribution in [2.75, 3.05) is 24.2 Å². The summed E-state index contributed by atoms with van der Waals surface area (Å²) >= 11 is 1.48. The minimum absolute atomic E-state index is 0.0627. The second-order valence-electron chi connectivity index (χ2n) is 7.16. The second-order valence-corrected chi connectivity index (χ2v) is 8.21. The van der Waals surface area contributed by atoms with Gasteiger partial charge in [0.15, 0.2) is 0 Å². The van der Waals surface area contributed by atoms with Crippen LogP contribution in [0.2, 0.25) is 0 Å². The number of benzene rings is 2. The third-order valence-electron chi connectivity index (χ3n) is 4.85. The number of amides is 2. The molecule has 0 spiro atoms. The van der Waals surface area contributed by atoms with E-state index in [-0.39, 0.29) is 11.8 Å². The number of hydrogen-bond donors (Lipinski definition) is 1. The standard InChI is InChI=1S/C24H23N3O3S/c28-22(17-31-21-6-2-1-3-7-21)26-19-10-13-23(25-16-19)30-20-11-8-18(9-12-20)24(29)27-14-4-5-15-27/h1-3,6-13,16H,4-5,14-15,17H2,(H,26,28). The highest BCUT2D eigenvalue weighted by Gasteiger charge is 2.19. The van der Waals surface area contributed by atoms with E-state index in [1.54, 1.807) is 42.6 Å². The summed E-state index contributed by atoms with van der Waals surface area (Å²) in [6, 6.07) is 20.3. The number of carbonyl (C=O) groups excluding carboxylic acids is 2. The van der Waals surface area contributed by atoms with Crippen molar-refractivity contribution in [3.05, 3.63) is 78.5 Å². The van der Waals surface area contributed by atoms with Crippen LogP contribution in [0.4, 0.5) is 5.69 Å². The molecule has 1 aromatic heterocycles. The van der Waals surface area contributed by atoms with E-state index in [1.807, 2.05) is 35.2 Å². The number of ether oxygens (including phenoxy) is 1. The first-order valence-corrected chi connectivity index (χ1v) is 11.2. The number of anilines is 1. The summed E-state index contributed by atoms with van der Waals surface area (Å²) in [7, 11) is 0. The van der Waals surface area contributed by atoms with Crippen molar-refractivity contribution in [3.63, 3.8) is 0 Å². The summed E-state index contributed by atoms with van der Waals surface area (Å²) < 4.78 is 5.75. The number of thioether (sulfide) groups is 1. The van der Waals surface area contributed by atoms with Crippen molar-refractivity contribution in [2.45, 2.75) is 17.7 Å². The summed E-state index contributed by atoms with van der Waals surface area (Å²) in [6.45, 7) is 1.66. The van der Waals surface area contributed by atoms with Crippen LogP contribution in [0.5, 0.6) is 11.6 Å². The molecule has 0 aliphatic carbocycles. The molecule has 4 rings (SSSR count). The van der Waals surface area contributed by atoms with Crippen LogP contribution in [0.15, 0.2) is 77.8 Å². The monoisotopic (exact) mass is 433 g/mol. The fraction of sp³-hybridized carbons (Fsp3) is 0.208. The highest BCUT2D eigenvalue weighted by Crippen LogP contribution is 2.23. The highest BCUT2D eigenvalue weighted by molar-refractivity contribution is 8.00. The highest BCUT2D eigenvalue weighted by atomic mass is 32.2. The van der Waals surface area contributed by atoms with Crippen molar-refractivity contribution in [3.8, 4) is 11.6 Å². The zero-order valence-corrected chi connectivity index (χ0v) is 17.8. The van der Waals surface area contributed by atoms with E-state index in [9.17, 15) is 9.59 Å². The molecule has 158 valence electrons. The lowest BCUT2D eigenvalue weighted by molar-refractivity contribution is -0.113. The SMILES string of the molecule is O=C(CSc1ccccc1)Nc1ccc(Oc2ccc(C(=O)N3CCCC3)cc2)nc1. The van der Waals surface area contributed by atoms with Crippen LogP contribution in [0.25, 0.3) is 0 Å². The molecule has 2 heterocycles. The molecule has 31 heavy (non-hydrogen) atoms. The summed E-state index contributed by atoms with van der Waals surface area (Å²) in [6.07, 6.45) is 3.70. The van der Waals surface area contributed by atoms with E-state index >= 15 is 0 Å². The second kappa shape index (κ2) is 10.1. The van der Waals surface area contributed by atoms with Gasteiger partial charge in [-0.15, -0.1) is 11.8 Å². The Morgan fingerprint density at radius 2 is 1.71 bits per heavy atom. The maximum atomic E-state index is 12.4. The molecule has 2 amide bonds. The maximum Gasteiger partial charge on any atom is 0.253 e. The molecule has 1 fully saturated rings. The predicted molar refractivity (Wildman–Crippen MR) is 122 cm³/mol. The molecular weight excluding hydrogens is 410 g/mol. The van der Waals surface area contributed by atoms with Crippen LogP contribution in [0, 0.1) is 0 Å². The van der Waals surface area contributed by atoms with Crippen molar-refractivity contribution < 1.29 is 14.3 Å². The van der Waals surface area contributed by atoms with Gasteiger partial charge in [-0.05, 0) is 55.3 Å². The Hall–Kier alpha value is -3.32. The molecule has 3 aromatic rings. The third-order valence-corrected chi connectivity index (χ3v) is 5.86. The molecule has 2 aromatic carbocycles. The maximum absolute atomic E-state index is 12.4. The molecule has 1 aliphatic rings. The van der Waals surface area contributed by atoms with Crippen molar-refractivity contribution in [1.29, 1.82) is 0 Å². The molecule has 1 aliphatic heterocycles. The third kappa shape index (κ3) is 5.86. The molecule has 0 unspecified atom stereocenters. The molecule has 6 nitrogen and oxygen atoms in total. The topological polar surface area (TPSA) is 71.5 Å². The van der Waals surface area contributed by atoms with Crippen LogP contribution in [-0.4, -0.2) is 40.5 Å². The molecule has 1 N–H and O–H groups in total. The van der Waals surface area contributed by atoms with Crippen LogP contribution >= 0.6 is 11.8 Å². The van der Waals surface area contributed by atoms with Crippen LogP contribution in [-0.2, 0) is 4.79 Å². The average Bonchev–Trinajstić information content (AvgIpc) is 3.35. The number of pyridine rings is 1. The number of rotatable bonds is 7. The van der Waals surface area contributed by atoms with E-state index < -0.39 is 0 Å². The minimum atomic E-state index is -0.0948. The van der Waals surface area contributed by atoms with Crippen molar-refractivity contribution >= 4 is 29.3 Å². The van der Waals surface area contributed by atoms with E-state index in [0.717, 1.165) is 30.8 Å². The Kier molecular flexibility index (Phi) is 6.84. The van der Waals surface area contributed by atoms with E-state index in [4.69, 9.17) is 4.74 Å². The smallest absolute Gasteiger partial charge is 0.253 e. The molecule has 0 saturated carbocycles. The summed E-state index contributed by atoms with van der Waals surface area (Å²) in [5.74, 6) is 1.30. The Bertz CT molecular complexity index is 1020. The van der Waals surface area contributed by atoms with Crippen LogP contribution in [0.1, 0.15) is 23.2 Å². The predicted octanol–water partition coefficient (Wildman–Crippen LogP) is 4.84. The van der Waals surface area contributed by atoms with Gasteiger partial charge in [-0.25, -0.2) is 4.98 Å². The normalized spacial score (nSPS) is 13.1. The van der Waals surface area contributed by atoms with E-state index in [0.29, 0.717) is 28.6 Å². The molecule has 0 bridgehead atoms. The molecular formula is C24H23N3O3S. The van der Waals surface area contributed by atoms with E-state index in [1.165, 1.54) is 11.8 Å². The Morgan fingerprint density at radius 1 is 0.968 bits per heavy atom. The first-order chi connectivity index (χ1) is 15.2. The molecule has 7 heteroatoms. The summed E-state index contributed by atoms with van der Waals surface area (Å²) in [4.78, 5) is 31.7. The van der Waals surface area contributed by atoms with Crippen molar-refractivity contribution in [1.82, 2.24) is 9.88 Å². The van der Waals surface area contributed by atoms with Gasteiger partial charge in [0.25, 0.3) is 5.91 Å². The van der Waals surface area contributed by atoms with Gasteiger partial charge in [-0.1, -0.05) is 18.2 Å². The first-order valence-electron chi connectivity index (χ1n) is 10.2. The number of nitrogens with zero attached hydrogens (tertiary/aromatic N) is 2. The Labute approximate surface area is 185 Å². The van der Waals surface area contributed by atoms with Crippen LogP contribution in [0.3, 0.4) is 0 Å². The minimum Gasteiger partial charge on any atom is -0.439 e. The Balaban J connectivity index is 1.28. The van der Waals surface area contributed by atoms with Gasteiger partial charge in [-0.3, -0.25) is 9.59 Å². The van der Waals surface area contributed by atoms with Gasteiger partial charge in [0.1, 0.15) is 5.75 Å². The van der Waals surface area contributed by atoms with Gasteiger partial charge in [0, 0.05) is 29.6 Å². The number of hydrogen-bond acceptors (Lipinski definition) is 5. The number of nitrogens with one attached hydrogen (secondary N) is 1. The lowest BCUT2D eigenvalue weighted by Gasteiger charge is -2.15. The summed E-state index contributed by atoms with van der Waals surface area (Å²) in [5.41, 5.74) is 1.27. The quantitative estimate of drug-likeness (QED) is 0.540. The molecule has 0 radical (unpaired) electrons. The van der Waals surface area contributed by atoms with E-state index in [2.05, 4.69) is 10.3 Å². The van der Waals surface area contributed by atoms with Gasteiger partial charge in [0.2, 0.25) is 11.8 Å². The number of aromatic nitrogens is 1. The zero-order chi connectivity index (χ0) is 21.5. The fourth-order valence-electron chi connectivity index (χ4n) is 3.27. The molecule has 1 saturated heterocycles. The number of likely N-dealkylation sites (tertiary alicyclic amines) is 1. The van der Waals surface area contributed by atoms with Crippen LogP contribution < -0.4 is 10.1 Å². The Morgan fingerprint density at radius 3 is 2.39 bits per heavy atom.